The second-order valence-corrected chi connectivity index (χ2v) is 8.31. The molecule has 0 unspecified atom stereocenters. The highest BCUT2D eigenvalue weighted by Crippen LogP contribution is 2.14. The average molecular weight is 342 g/mol. The summed E-state index contributed by atoms with van der Waals surface area (Å²) in [5, 5.41) is 11.4. The maximum Gasteiger partial charge on any atom is 0.0779 e. The number of hydrogen-bond acceptors (Lipinski definition) is 1. The maximum atomic E-state index is 11.4. The fraction of sp³-hybridized carbons (Fsp3) is 1.00. The molecule has 24 heavy (non-hydrogen) atoms. The normalized spacial score (nSPS) is 12.0. The van der Waals surface area contributed by atoms with E-state index < -0.39 is 0 Å². The Morgan fingerprint density at radius 2 is 0.708 bits per heavy atom. The van der Waals surface area contributed by atoms with E-state index in [-0.39, 0.29) is 4.65 Å². The average Bonchev–Trinajstić information content (AvgIpc) is 2.52. The van der Waals surface area contributed by atoms with Crippen molar-refractivity contribution in [2.24, 2.45) is 0 Å². The molecule has 0 spiro atoms. The van der Waals surface area contributed by atoms with Gasteiger partial charge >= 0.3 is 0 Å². The van der Waals surface area contributed by atoms with Gasteiger partial charge in [0, 0.05) is 0 Å². The van der Waals surface area contributed by atoms with Gasteiger partial charge < -0.3 is 9.85 Å². The van der Waals surface area contributed by atoms with E-state index in [1.165, 1.54) is 109 Å². The van der Waals surface area contributed by atoms with E-state index in [0.717, 1.165) is 13.0 Å². The molecule has 0 atom stereocenters. The van der Waals surface area contributed by atoms with Crippen LogP contribution >= 0.6 is 0 Å². The van der Waals surface area contributed by atoms with Gasteiger partial charge in [-0.25, -0.2) is 0 Å². The lowest BCUT2D eigenvalue weighted by atomic mass is 10.0. The van der Waals surface area contributed by atoms with Crippen LogP contribution in [0.2, 0.25) is 0 Å². The van der Waals surface area contributed by atoms with Crippen molar-refractivity contribution in [2.75, 3.05) is 20.6 Å². The number of rotatable bonds is 19. The van der Waals surface area contributed by atoms with Crippen molar-refractivity contribution in [2.45, 2.75) is 122 Å². The van der Waals surface area contributed by atoms with Gasteiger partial charge in [-0.1, -0.05) is 110 Å². The number of hydrogen-bond donors (Lipinski definition) is 0. The smallest absolute Gasteiger partial charge is 0.0779 e. The molecule has 0 aromatic heterocycles. The van der Waals surface area contributed by atoms with Crippen LogP contribution in [0.5, 0.6) is 0 Å². The van der Waals surface area contributed by atoms with Crippen molar-refractivity contribution >= 4 is 0 Å². The highest BCUT2D eigenvalue weighted by atomic mass is 16.5. The molecule has 2 nitrogen and oxygen atoms in total. The molecule has 0 fully saturated rings. The lowest BCUT2D eigenvalue weighted by molar-refractivity contribution is -0.840. The van der Waals surface area contributed by atoms with Gasteiger partial charge in [-0.05, 0) is 12.8 Å². The summed E-state index contributed by atoms with van der Waals surface area (Å²) in [6, 6.07) is 0. The Morgan fingerprint density at radius 3 is 0.958 bits per heavy atom. The number of quaternary nitrogens is 1. The molecule has 0 aromatic rings. The first-order valence-corrected chi connectivity index (χ1v) is 11.1. The van der Waals surface area contributed by atoms with Crippen LogP contribution in [0.15, 0.2) is 0 Å². The molecule has 0 N–H and O–H groups in total. The summed E-state index contributed by atoms with van der Waals surface area (Å²) in [6.07, 6.45) is 25.2. The summed E-state index contributed by atoms with van der Waals surface area (Å²) in [4.78, 5) is 0. The second-order valence-electron chi connectivity index (χ2n) is 8.31. The molecule has 0 radical (unpaired) electrons. The number of nitrogens with zero attached hydrogens (tertiary/aromatic N) is 1. The van der Waals surface area contributed by atoms with Gasteiger partial charge in [-0.2, -0.15) is 0 Å². The molecule has 0 heterocycles. The molecular formula is C22H47NO. The van der Waals surface area contributed by atoms with E-state index >= 15 is 0 Å². The van der Waals surface area contributed by atoms with Gasteiger partial charge in [0.15, 0.2) is 0 Å². The standard InChI is InChI=1S/C22H47NO/c1-4-5-6-7-8-9-10-11-12-13-14-15-16-17-18-19-20-21-22-23(2,3)24/h4-22H2,1-3H3. The van der Waals surface area contributed by atoms with Crippen LogP contribution in [0.25, 0.3) is 0 Å². The third kappa shape index (κ3) is 21.9. The van der Waals surface area contributed by atoms with Crippen molar-refractivity contribution in [3.8, 4) is 0 Å². The third-order valence-electron chi connectivity index (χ3n) is 5.05. The largest absolute Gasteiger partial charge is 0.633 e. The molecule has 2 heteroatoms. The topological polar surface area (TPSA) is 23.1 Å². The molecular weight excluding hydrogens is 294 g/mol. The van der Waals surface area contributed by atoms with E-state index in [2.05, 4.69) is 6.92 Å². The summed E-state index contributed by atoms with van der Waals surface area (Å²) >= 11 is 0. The molecule has 0 aliphatic heterocycles. The van der Waals surface area contributed by atoms with Crippen LogP contribution in [0.3, 0.4) is 0 Å². The quantitative estimate of drug-likeness (QED) is 0.135. The molecule has 0 amide bonds. The molecule has 0 saturated carbocycles. The van der Waals surface area contributed by atoms with Crippen molar-refractivity contribution in [3.05, 3.63) is 5.21 Å². The lowest BCUT2D eigenvalue weighted by Crippen LogP contribution is -2.32. The van der Waals surface area contributed by atoms with Gasteiger partial charge in [0.25, 0.3) is 0 Å². The first-order valence-electron chi connectivity index (χ1n) is 11.1. The van der Waals surface area contributed by atoms with Crippen LogP contribution in [0.1, 0.15) is 122 Å². The highest BCUT2D eigenvalue weighted by Gasteiger charge is 2.00. The van der Waals surface area contributed by atoms with Gasteiger partial charge in [0.2, 0.25) is 0 Å². The van der Waals surface area contributed by atoms with Crippen LogP contribution in [-0.2, 0) is 0 Å². The summed E-state index contributed by atoms with van der Waals surface area (Å²) in [6.45, 7) is 3.07. The highest BCUT2D eigenvalue weighted by molar-refractivity contribution is 4.50. The van der Waals surface area contributed by atoms with Crippen LogP contribution in [0, 0.1) is 5.21 Å². The summed E-state index contributed by atoms with van der Waals surface area (Å²) in [5.74, 6) is 0. The minimum atomic E-state index is -0.126. The van der Waals surface area contributed by atoms with E-state index in [9.17, 15) is 5.21 Å². The minimum absolute atomic E-state index is 0.126. The number of hydroxylamine groups is 3. The van der Waals surface area contributed by atoms with Crippen molar-refractivity contribution in [3.63, 3.8) is 0 Å². The molecule has 146 valence electrons. The zero-order valence-corrected chi connectivity index (χ0v) is 17.3. The van der Waals surface area contributed by atoms with E-state index in [4.69, 9.17) is 0 Å². The minimum Gasteiger partial charge on any atom is -0.633 e. The van der Waals surface area contributed by atoms with Crippen molar-refractivity contribution < 1.29 is 4.65 Å². The van der Waals surface area contributed by atoms with E-state index in [1.807, 2.05) is 0 Å². The Bertz CT molecular complexity index is 235. The zero-order chi connectivity index (χ0) is 17.9. The molecule has 0 rings (SSSR count). The molecule has 0 aliphatic rings. The summed E-state index contributed by atoms with van der Waals surface area (Å²) in [5.41, 5.74) is 0. The van der Waals surface area contributed by atoms with Gasteiger partial charge in [0.1, 0.15) is 0 Å². The fourth-order valence-electron chi connectivity index (χ4n) is 3.39. The molecule has 0 aromatic carbocycles. The lowest BCUT2D eigenvalue weighted by Gasteiger charge is -2.33. The monoisotopic (exact) mass is 341 g/mol. The fourth-order valence-corrected chi connectivity index (χ4v) is 3.39. The predicted molar refractivity (Wildman–Crippen MR) is 109 cm³/mol. The second kappa shape index (κ2) is 17.7. The summed E-state index contributed by atoms with van der Waals surface area (Å²) in [7, 11) is 3.49. The Kier molecular flexibility index (Phi) is 17.7. The Hall–Kier alpha value is -0.0800. The van der Waals surface area contributed by atoms with E-state index in [1.54, 1.807) is 14.1 Å². The SMILES string of the molecule is CCCCCCCCCCCCCCCCCCCC[N+](C)(C)[O-]. The van der Waals surface area contributed by atoms with Crippen LogP contribution in [-0.4, -0.2) is 25.3 Å². The zero-order valence-electron chi connectivity index (χ0n) is 17.3. The Morgan fingerprint density at radius 1 is 0.458 bits per heavy atom. The molecule has 0 aliphatic carbocycles. The van der Waals surface area contributed by atoms with Gasteiger partial charge in [0.05, 0.1) is 20.6 Å². The third-order valence-corrected chi connectivity index (χ3v) is 5.05. The first kappa shape index (κ1) is 23.9. The molecule has 0 bridgehead atoms. The Balaban J connectivity index is 3.00. The first-order chi connectivity index (χ1) is 11.6. The predicted octanol–water partition coefficient (Wildman–Crippen LogP) is 7.60. The Labute approximate surface area is 153 Å². The molecule has 0 saturated heterocycles. The van der Waals surface area contributed by atoms with Crippen molar-refractivity contribution in [1.29, 1.82) is 0 Å². The van der Waals surface area contributed by atoms with Crippen LogP contribution in [0.4, 0.5) is 0 Å². The van der Waals surface area contributed by atoms with Gasteiger partial charge in [-0.3, -0.25) is 0 Å². The summed E-state index contributed by atoms with van der Waals surface area (Å²) < 4.78 is -0.126. The number of unbranched alkanes of at least 4 members (excludes halogenated alkanes) is 17. The van der Waals surface area contributed by atoms with Crippen molar-refractivity contribution in [1.82, 2.24) is 0 Å². The van der Waals surface area contributed by atoms with E-state index in [0.29, 0.717) is 0 Å². The van der Waals surface area contributed by atoms with Crippen LogP contribution < -0.4 is 0 Å². The van der Waals surface area contributed by atoms with Gasteiger partial charge in [-0.15, -0.1) is 0 Å². The maximum absolute atomic E-state index is 11.4.